The van der Waals surface area contributed by atoms with Gasteiger partial charge in [-0.15, -0.1) is 10.2 Å². The number of H-pyrrole nitrogens is 1. The summed E-state index contributed by atoms with van der Waals surface area (Å²) >= 11 is 0. The Morgan fingerprint density at radius 2 is 2.00 bits per heavy atom. The quantitative estimate of drug-likeness (QED) is 0.522. The largest absolute Gasteiger partial charge is 0.290 e. The van der Waals surface area contributed by atoms with Crippen LogP contribution in [0.2, 0.25) is 0 Å². The molecule has 0 atom stereocenters. The highest BCUT2D eigenvalue weighted by Crippen LogP contribution is 2.08. The van der Waals surface area contributed by atoms with Gasteiger partial charge in [0.15, 0.2) is 0 Å². The second-order valence-corrected chi connectivity index (χ2v) is 5.94. The molecule has 0 saturated carbocycles. The standard InChI is InChI=1S/C18H19N7O2/c1-4-13-5-7-14(8-6-13)10-19-22-17(27)15-9-11(2)24-25(15)18-20-16(26)12(3)21-23-18/h5-10H,4H2,1-3H3,(H,22,27)(H,20,23,26)/b19-10-. The fourth-order valence-electron chi connectivity index (χ4n) is 2.36. The molecule has 0 fully saturated rings. The van der Waals surface area contributed by atoms with Crippen molar-refractivity contribution in [3.8, 4) is 5.95 Å². The van der Waals surface area contributed by atoms with Crippen molar-refractivity contribution < 1.29 is 4.79 Å². The van der Waals surface area contributed by atoms with Crippen LogP contribution < -0.4 is 11.0 Å². The molecular weight excluding hydrogens is 346 g/mol. The summed E-state index contributed by atoms with van der Waals surface area (Å²) in [6.45, 7) is 5.35. The second kappa shape index (κ2) is 7.73. The molecule has 9 nitrogen and oxygen atoms in total. The van der Waals surface area contributed by atoms with Gasteiger partial charge in [-0.2, -0.15) is 14.9 Å². The number of aromatic amines is 1. The van der Waals surface area contributed by atoms with Crippen molar-refractivity contribution in [1.82, 2.24) is 30.4 Å². The van der Waals surface area contributed by atoms with E-state index in [9.17, 15) is 9.59 Å². The van der Waals surface area contributed by atoms with Gasteiger partial charge in [0.1, 0.15) is 11.4 Å². The number of carbonyl (C=O) groups is 1. The van der Waals surface area contributed by atoms with E-state index in [-0.39, 0.29) is 17.3 Å². The molecule has 1 aromatic carbocycles. The SMILES string of the molecule is CCc1ccc(/C=N\NC(=O)c2cc(C)nn2-c2nnc(C)c(=O)[nH]2)cc1. The van der Waals surface area contributed by atoms with Crippen molar-refractivity contribution in [2.75, 3.05) is 0 Å². The number of nitrogens with one attached hydrogen (secondary N) is 2. The van der Waals surface area contributed by atoms with Crippen molar-refractivity contribution in [3.63, 3.8) is 0 Å². The molecule has 27 heavy (non-hydrogen) atoms. The van der Waals surface area contributed by atoms with Gasteiger partial charge in [0.05, 0.1) is 11.9 Å². The highest BCUT2D eigenvalue weighted by molar-refractivity contribution is 5.93. The van der Waals surface area contributed by atoms with Gasteiger partial charge in [0, 0.05) is 0 Å². The second-order valence-electron chi connectivity index (χ2n) is 5.94. The minimum Gasteiger partial charge on any atom is -0.288 e. The van der Waals surface area contributed by atoms with E-state index in [1.165, 1.54) is 10.2 Å². The van der Waals surface area contributed by atoms with E-state index in [2.05, 4.69) is 37.7 Å². The summed E-state index contributed by atoms with van der Waals surface area (Å²) < 4.78 is 1.23. The Morgan fingerprint density at radius 3 is 2.67 bits per heavy atom. The molecule has 2 heterocycles. The topological polar surface area (TPSA) is 118 Å². The van der Waals surface area contributed by atoms with E-state index < -0.39 is 11.5 Å². The lowest BCUT2D eigenvalue weighted by Gasteiger charge is -2.04. The zero-order valence-electron chi connectivity index (χ0n) is 15.2. The molecule has 0 aliphatic rings. The number of hydrogen-bond acceptors (Lipinski definition) is 6. The smallest absolute Gasteiger partial charge is 0.288 e. The number of hydrogen-bond donors (Lipinski definition) is 2. The van der Waals surface area contributed by atoms with E-state index in [0.29, 0.717) is 5.69 Å². The van der Waals surface area contributed by atoms with Crippen LogP contribution in [0.5, 0.6) is 0 Å². The number of nitrogens with zero attached hydrogens (tertiary/aromatic N) is 5. The first-order valence-electron chi connectivity index (χ1n) is 8.41. The molecule has 0 aliphatic heterocycles. The average molecular weight is 365 g/mol. The summed E-state index contributed by atoms with van der Waals surface area (Å²) in [5, 5.41) is 15.8. The van der Waals surface area contributed by atoms with Gasteiger partial charge in [-0.25, -0.2) is 5.43 Å². The Balaban J connectivity index is 1.79. The zero-order valence-corrected chi connectivity index (χ0v) is 15.2. The number of aryl methyl sites for hydroxylation is 3. The molecule has 3 aromatic rings. The summed E-state index contributed by atoms with van der Waals surface area (Å²) in [4.78, 5) is 26.8. The summed E-state index contributed by atoms with van der Waals surface area (Å²) in [5.41, 5.74) is 5.15. The molecule has 138 valence electrons. The van der Waals surface area contributed by atoms with Crippen molar-refractivity contribution >= 4 is 12.1 Å². The molecule has 0 radical (unpaired) electrons. The van der Waals surface area contributed by atoms with Gasteiger partial charge >= 0.3 is 0 Å². The highest BCUT2D eigenvalue weighted by Gasteiger charge is 2.17. The summed E-state index contributed by atoms with van der Waals surface area (Å²) in [6.07, 6.45) is 2.51. The summed E-state index contributed by atoms with van der Waals surface area (Å²) in [7, 11) is 0. The van der Waals surface area contributed by atoms with Crippen LogP contribution in [-0.4, -0.2) is 37.1 Å². The minimum atomic E-state index is -0.486. The number of aromatic nitrogens is 5. The molecule has 0 aliphatic carbocycles. The van der Waals surface area contributed by atoms with Crippen LogP contribution in [0.3, 0.4) is 0 Å². The predicted molar refractivity (Wildman–Crippen MR) is 100 cm³/mol. The van der Waals surface area contributed by atoms with Gasteiger partial charge in [-0.05, 0) is 37.5 Å². The van der Waals surface area contributed by atoms with E-state index in [0.717, 1.165) is 12.0 Å². The van der Waals surface area contributed by atoms with Gasteiger partial charge in [-0.1, -0.05) is 31.2 Å². The first kappa shape index (κ1) is 18.2. The Kier molecular flexibility index (Phi) is 5.20. The normalized spacial score (nSPS) is 11.1. The van der Waals surface area contributed by atoms with Crippen molar-refractivity contribution in [1.29, 1.82) is 0 Å². The van der Waals surface area contributed by atoms with Crippen LogP contribution in [0.1, 0.15) is 39.9 Å². The van der Waals surface area contributed by atoms with Gasteiger partial charge < -0.3 is 0 Å². The third kappa shape index (κ3) is 4.14. The van der Waals surface area contributed by atoms with Crippen LogP contribution in [0.25, 0.3) is 5.95 Å². The van der Waals surface area contributed by atoms with E-state index in [4.69, 9.17) is 0 Å². The molecule has 0 unspecified atom stereocenters. The number of carbonyl (C=O) groups excluding carboxylic acids is 1. The van der Waals surface area contributed by atoms with Crippen molar-refractivity contribution in [2.45, 2.75) is 27.2 Å². The Labute approximate surface area is 155 Å². The lowest BCUT2D eigenvalue weighted by atomic mass is 10.1. The molecule has 0 saturated heterocycles. The van der Waals surface area contributed by atoms with Crippen LogP contribution in [0.15, 0.2) is 40.2 Å². The third-order valence-electron chi connectivity index (χ3n) is 3.88. The zero-order chi connectivity index (χ0) is 19.4. The minimum absolute atomic E-state index is 0.0583. The van der Waals surface area contributed by atoms with E-state index >= 15 is 0 Å². The third-order valence-corrected chi connectivity index (χ3v) is 3.88. The van der Waals surface area contributed by atoms with Gasteiger partial charge in [-0.3, -0.25) is 14.6 Å². The Bertz CT molecular complexity index is 1050. The Hall–Kier alpha value is -3.62. The maximum absolute atomic E-state index is 12.5. The number of hydrazone groups is 1. The van der Waals surface area contributed by atoms with Crippen LogP contribution in [0.4, 0.5) is 0 Å². The monoisotopic (exact) mass is 365 g/mol. The van der Waals surface area contributed by atoms with Crippen molar-refractivity contribution in [2.24, 2.45) is 5.10 Å². The first-order valence-corrected chi connectivity index (χ1v) is 8.41. The maximum Gasteiger partial charge on any atom is 0.290 e. The molecular formula is C18H19N7O2. The van der Waals surface area contributed by atoms with Crippen LogP contribution in [-0.2, 0) is 6.42 Å². The number of benzene rings is 1. The predicted octanol–water partition coefficient (Wildman–Crippen LogP) is 1.29. The summed E-state index contributed by atoms with van der Waals surface area (Å²) in [5.74, 6) is -0.428. The van der Waals surface area contributed by atoms with E-state index in [1.54, 1.807) is 26.1 Å². The van der Waals surface area contributed by atoms with Gasteiger partial charge in [0.25, 0.3) is 17.4 Å². The van der Waals surface area contributed by atoms with E-state index in [1.807, 2.05) is 24.3 Å². The fraction of sp³-hybridized carbons (Fsp3) is 0.222. The molecule has 3 rings (SSSR count). The highest BCUT2D eigenvalue weighted by atomic mass is 16.2. The maximum atomic E-state index is 12.5. The molecule has 2 N–H and O–H groups in total. The van der Waals surface area contributed by atoms with Gasteiger partial charge in [0.2, 0.25) is 0 Å². The molecule has 2 aromatic heterocycles. The molecule has 9 heteroatoms. The lowest BCUT2D eigenvalue weighted by Crippen LogP contribution is -2.24. The average Bonchev–Trinajstić information content (AvgIpc) is 3.06. The number of rotatable bonds is 5. The fourth-order valence-corrected chi connectivity index (χ4v) is 2.36. The molecule has 1 amide bonds. The van der Waals surface area contributed by atoms with Crippen molar-refractivity contribution in [3.05, 3.63) is 68.9 Å². The lowest BCUT2D eigenvalue weighted by molar-refractivity contribution is 0.0947. The molecule has 0 bridgehead atoms. The first-order chi connectivity index (χ1) is 13.0. The molecule has 0 spiro atoms. The van der Waals surface area contributed by atoms with Crippen LogP contribution in [0, 0.1) is 13.8 Å². The van der Waals surface area contributed by atoms with Crippen LogP contribution >= 0.6 is 0 Å². The Morgan fingerprint density at radius 1 is 1.26 bits per heavy atom. The number of amides is 1. The summed E-state index contributed by atoms with van der Waals surface area (Å²) in [6, 6.07) is 9.44.